The second kappa shape index (κ2) is 14.6. The molecule has 0 radical (unpaired) electrons. The maximum absolute atomic E-state index is 11.2. The Kier molecular flexibility index (Phi) is 11.0. The third kappa shape index (κ3) is 8.41. The molecule has 206 valence electrons. The predicted octanol–water partition coefficient (Wildman–Crippen LogP) is 7.18. The van der Waals surface area contributed by atoms with Crippen LogP contribution >= 0.6 is 23.2 Å². The highest BCUT2D eigenvalue weighted by Crippen LogP contribution is 2.34. The average Bonchev–Trinajstić information content (AvgIpc) is 2.96. The molecule has 4 rings (SSSR count). The molecule has 1 saturated heterocycles. The van der Waals surface area contributed by atoms with Gasteiger partial charge in [-0.3, -0.25) is 0 Å². The second-order valence-corrected chi connectivity index (χ2v) is 10.7. The molecule has 3 aromatic rings. The van der Waals surface area contributed by atoms with Crippen LogP contribution in [0.15, 0.2) is 90.1 Å². The SMILES string of the molecule is CON=C(COCC=Cc1ccccc1)C(CCN1CCC(O)(c2ccccc2)CC1)c1ccc(Cl)c(Cl)c1. The summed E-state index contributed by atoms with van der Waals surface area (Å²) in [6, 6.07) is 25.8. The van der Waals surface area contributed by atoms with Crippen LogP contribution in [0.4, 0.5) is 0 Å². The summed E-state index contributed by atoms with van der Waals surface area (Å²) in [4.78, 5) is 7.64. The van der Waals surface area contributed by atoms with Gasteiger partial charge < -0.3 is 19.6 Å². The molecular formula is C32H36Cl2N2O3. The van der Waals surface area contributed by atoms with Crippen LogP contribution in [-0.4, -0.2) is 55.7 Å². The van der Waals surface area contributed by atoms with Gasteiger partial charge in [-0.2, -0.15) is 0 Å². The number of rotatable bonds is 12. The van der Waals surface area contributed by atoms with E-state index < -0.39 is 5.60 Å². The molecule has 1 N–H and O–H groups in total. The molecule has 1 fully saturated rings. The van der Waals surface area contributed by atoms with E-state index in [4.69, 9.17) is 32.8 Å². The summed E-state index contributed by atoms with van der Waals surface area (Å²) >= 11 is 12.6. The molecule has 5 nitrogen and oxygen atoms in total. The van der Waals surface area contributed by atoms with E-state index in [-0.39, 0.29) is 5.92 Å². The lowest BCUT2D eigenvalue weighted by atomic mass is 9.84. The smallest absolute Gasteiger partial charge is 0.106 e. The Bertz CT molecular complexity index is 1230. The van der Waals surface area contributed by atoms with Crippen molar-refractivity contribution in [3.8, 4) is 0 Å². The Labute approximate surface area is 241 Å². The van der Waals surface area contributed by atoms with Gasteiger partial charge in [-0.25, -0.2) is 0 Å². The van der Waals surface area contributed by atoms with E-state index in [1.165, 1.54) is 0 Å². The molecule has 3 aromatic carbocycles. The Hall–Kier alpha value is -2.67. The number of nitrogens with zero attached hydrogens (tertiary/aromatic N) is 2. The van der Waals surface area contributed by atoms with Crippen molar-refractivity contribution in [1.82, 2.24) is 4.90 Å². The van der Waals surface area contributed by atoms with Crippen LogP contribution in [0.1, 0.15) is 41.9 Å². The maximum atomic E-state index is 11.2. The monoisotopic (exact) mass is 566 g/mol. The summed E-state index contributed by atoms with van der Waals surface area (Å²) < 4.78 is 5.99. The molecule has 0 aromatic heterocycles. The van der Waals surface area contributed by atoms with Gasteiger partial charge in [-0.05, 0) is 54.6 Å². The molecule has 1 unspecified atom stereocenters. The van der Waals surface area contributed by atoms with Crippen LogP contribution in [0.25, 0.3) is 6.08 Å². The van der Waals surface area contributed by atoms with Crippen LogP contribution in [0, 0.1) is 0 Å². The fraction of sp³-hybridized carbons (Fsp3) is 0.344. The van der Waals surface area contributed by atoms with E-state index in [1.54, 1.807) is 7.11 Å². The Morgan fingerprint density at radius 1 is 1.00 bits per heavy atom. The minimum atomic E-state index is -0.773. The van der Waals surface area contributed by atoms with Crippen molar-refractivity contribution in [1.29, 1.82) is 0 Å². The molecule has 1 aliphatic rings. The third-order valence-electron chi connectivity index (χ3n) is 7.26. The second-order valence-electron chi connectivity index (χ2n) is 9.85. The molecule has 0 aliphatic carbocycles. The van der Waals surface area contributed by atoms with Crippen molar-refractivity contribution in [3.05, 3.63) is 112 Å². The van der Waals surface area contributed by atoms with Gasteiger partial charge in [-0.1, -0.05) is 107 Å². The molecule has 1 atom stereocenters. The molecule has 1 heterocycles. The minimum absolute atomic E-state index is 0.0623. The Morgan fingerprint density at radius 3 is 2.36 bits per heavy atom. The first-order chi connectivity index (χ1) is 19.0. The van der Waals surface area contributed by atoms with Gasteiger partial charge in [0, 0.05) is 19.0 Å². The summed E-state index contributed by atoms with van der Waals surface area (Å²) in [7, 11) is 1.55. The van der Waals surface area contributed by atoms with Crippen molar-refractivity contribution in [2.24, 2.45) is 5.16 Å². The number of halogens is 2. The molecule has 0 amide bonds. The van der Waals surface area contributed by atoms with Crippen LogP contribution in [0.3, 0.4) is 0 Å². The van der Waals surface area contributed by atoms with Crippen LogP contribution in [0.2, 0.25) is 10.0 Å². The highest BCUT2D eigenvalue weighted by Gasteiger charge is 2.34. The standard InChI is InChI=1S/C32H36Cl2N2O3/c1-38-35-31(24-39-22-8-11-25-9-4-2-5-10-25)28(26-14-15-29(33)30(34)23-26)16-19-36-20-17-32(37,18-21-36)27-12-6-3-7-13-27/h2-15,23,28,37H,16-22,24H2,1H3. The number of hydrogen-bond donors (Lipinski definition) is 1. The van der Waals surface area contributed by atoms with Gasteiger partial charge >= 0.3 is 0 Å². The van der Waals surface area contributed by atoms with Gasteiger partial charge in [0.15, 0.2) is 0 Å². The highest BCUT2D eigenvalue weighted by molar-refractivity contribution is 6.42. The highest BCUT2D eigenvalue weighted by atomic mass is 35.5. The van der Waals surface area contributed by atoms with Gasteiger partial charge in [-0.15, -0.1) is 0 Å². The minimum Gasteiger partial charge on any atom is -0.399 e. The lowest BCUT2D eigenvalue weighted by molar-refractivity contribution is -0.0261. The number of benzene rings is 3. The zero-order chi connectivity index (χ0) is 27.5. The number of likely N-dealkylation sites (tertiary alicyclic amines) is 1. The molecule has 39 heavy (non-hydrogen) atoms. The molecule has 7 heteroatoms. The van der Waals surface area contributed by atoms with Gasteiger partial charge in [0.1, 0.15) is 7.11 Å². The Balaban J connectivity index is 1.41. The van der Waals surface area contributed by atoms with Crippen molar-refractivity contribution in [2.45, 2.75) is 30.8 Å². The average molecular weight is 568 g/mol. The van der Waals surface area contributed by atoms with E-state index in [0.717, 1.165) is 48.5 Å². The molecular weight excluding hydrogens is 531 g/mol. The van der Waals surface area contributed by atoms with Crippen molar-refractivity contribution >= 4 is 35.0 Å². The summed E-state index contributed by atoms with van der Waals surface area (Å²) in [6.07, 6.45) is 6.23. The lowest BCUT2D eigenvalue weighted by Crippen LogP contribution is -2.43. The van der Waals surface area contributed by atoms with E-state index in [9.17, 15) is 5.11 Å². The summed E-state index contributed by atoms with van der Waals surface area (Å²) in [5.74, 6) is -0.0623. The molecule has 0 saturated carbocycles. The first-order valence-electron chi connectivity index (χ1n) is 13.3. The normalized spacial score (nSPS) is 16.9. The number of oxime groups is 1. The van der Waals surface area contributed by atoms with Crippen molar-refractivity contribution in [3.63, 3.8) is 0 Å². The van der Waals surface area contributed by atoms with Gasteiger partial charge in [0.2, 0.25) is 0 Å². The maximum Gasteiger partial charge on any atom is 0.106 e. The van der Waals surface area contributed by atoms with Crippen molar-refractivity contribution < 1.29 is 14.7 Å². The largest absolute Gasteiger partial charge is 0.399 e. The fourth-order valence-corrected chi connectivity index (χ4v) is 5.34. The first kappa shape index (κ1) is 29.3. The van der Waals surface area contributed by atoms with E-state index in [2.05, 4.69) is 22.2 Å². The third-order valence-corrected chi connectivity index (χ3v) is 8.00. The van der Waals surface area contributed by atoms with Gasteiger partial charge in [0.05, 0.1) is 34.6 Å². The zero-order valence-corrected chi connectivity index (χ0v) is 23.8. The quantitative estimate of drug-likeness (QED) is 0.143. The summed E-state index contributed by atoms with van der Waals surface area (Å²) in [6.45, 7) is 3.25. The van der Waals surface area contributed by atoms with E-state index in [1.807, 2.05) is 78.9 Å². The first-order valence-corrected chi connectivity index (χ1v) is 14.1. The molecule has 0 bridgehead atoms. The van der Waals surface area contributed by atoms with Crippen molar-refractivity contribution in [2.75, 3.05) is 40.0 Å². The van der Waals surface area contributed by atoms with Crippen LogP contribution in [0.5, 0.6) is 0 Å². The van der Waals surface area contributed by atoms with Gasteiger partial charge in [0.25, 0.3) is 0 Å². The summed E-state index contributed by atoms with van der Waals surface area (Å²) in [5, 5.41) is 16.6. The summed E-state index contributed by atoms with van der Waals surface area (Å²) in [5.41, 5.74) is 3.15. The number of piperidine rings is 1. The zero-order valence-electron chi connectivity index (χ0n) is 22.3. The van der Waals surface area contributed by atoms with E-state index >= 15 is 0 Å². The van der Waals surface area contributed by atoms with E-state index in [0.29, 0.717) is 36.1 Å². The lowest BCUT2D eigenvalue weighted by Gasteiger charge is -2.39. The number of ether oxygens (including phenoxy) is 1. The molecule has 0 spiro atoms. The molecule has 1 aliphatic heterocycles. The number of aliphatic hydroxyl groups is 1. The topological polar surface area (TPSA) is 54.3 Å². The van der Waals surface area contributed by atoms with Crippen LogP contribution < -0.4 is 0 Å². The van der Waals surface area contributed by atoms with Crippen LogP contribution in [-0.2, 0) is 15.2 Å². The predicted molar refractivity (Wildman–Crippen MR) is 161 cm³/mol. The number of hydrogen-bond acceptors (Lipinski definition) is 5. The Morgan fingerprint density at radius 2 is 1.69 bits per heavy atom. The fourth-order valence-electron chi connectivity index (χ4n) is 5.04.